The van der Waals surface area contributed by atoms with Crippen LogP contribution in [-0.4, -0.2) is 11.1 Å². The predicted octanol–water partition coefficient (Wildman–Crippen LogP) is 4.86. The average Bonchev–Trinajstić information content (AvgIpc) is 3.12. The number of anilines is 1. The highest BCUT2D eigenvalue weighted by Gasteiger charge is 2.18. The summed E-state index contributed by atoms with van der Waals surface area (Å²) in [5.41, 5.74) is 1.28. The monoisotopic (exact) mass is 379 g/mol. The molecule has 10 heteroatoms. The standard InChI is InChI=1S/C17H9F4N3O3/c18-12-7-13(19)16(21)17(15(12)20)23-22-8-11-5-6-14(27-11)9-1-3-10(4-2-9)24(25)26/h1-8,23H. The first-order valence-electron chi connectivity index (χ1n) is 7.33. The first kappa shape index (κ1) is 18.1. The van der Waals surface area contributed by atoms with E-state index >= 15 is 0 Å². The highest BCUT2D eigenvalue weighted by atomic mass is 19.2. The maximum Gasteiger partial charge on any atom is 0.269 e. The van der Waals surface area contributed by atoms with Crippen LogP contribution in [0.25, 0.3) is 11.3 Å². The van der Waals surface area contributed by atoms with E-state index in [1.54, 1.807) is 6.07 Å². The van der Waals surface area contributed by atoms with Gasteiger partial charge < -0.3 is 4.42 Å². The Morgan fingerprint density at radius 2 is 1.63 bits per heavy atom. The highest BCUT2D eigenvalue weighted by molar-refractivity contribution is 5.78. The second-order valence-electron chi connectivity index (χ2n) is 5.22. The molecule has 27 heavy (non-hydrogen) atoms. The first-order chi connectivity index (χ1) is 12.9. The number of halogens is 4. The van der Waals surface area contributed by atoms with Crippen molar-refractivity contribution in [1.29, 1.82) is 0 Å². The van der Waals surface area contributed by atoms with Crippen molar-refractivity contribution in [3.05, 3.63) is 81.6 Å². The number of non-ortho nitro benzene ring substituents is 1. The molecule has 0 aliphatic rings. The van der Waals surface area contributed by atoms with Gasteiger partial charge in [-0.3, -0.25) is 15.5 Å². The summed E-state index contributed by atoms with van der Waals surface area (Å²) in [5, 5.41) is 14.1. The summed E-state index contributed by atoms with van der Waals surface area (Å²) in [6.45, 7) is 0. The van der Waals surface area contributed by atoms with E-state index in [1.165, 1.54) is 30.3 Å². The van der Waals surface area contributed by atoms with Crippen LogP contribution >= 0.6 is 0 Å². The molecule has 0 saturated heterocycles. The summed E-state index contributed by atoms with van der Waals surface area (Å²) in [5.74, 6) is -5.83. The van der Waals surface area contributed by atoms with Crippen molar-refractivity contribution in [1.82, 2.24) is 0 Å². The van der Waals surface area contributed by atoms with E-state index in [2.05, 4.69) is 5.10 Å². The minimum absolute atomic E-state index is 0.0809. The molecule has 1 N–H and O–H groups in total. The molecule has 2 aromatic carbocycles. The number of nitro groups is 1. The number of rotatable bonds is 5. The van der Waals surface area contributed by atoms with Crippen molar-refractivity contribution in [3.8, 4) is 11.3 Å². The van der Waals surface area contributed by atoms with Gasteiger partial charge in [0.15, 0.2) is 23.3 Å². The Bertz CT molecular complexity index is 1010. The molecule has 0 spiro atoms. The molecule has 0 unspecified atom stereocenters. The number of benzene rings is 2. The second kappa shape index (κ2) is 7.28. The van der Waals surface area contributed by atoms with E-state index in [-0.39, 0.29) is 17.5 Å². The zero-order valence-electron chi connectivity index (χ0n) is 13.2. The molecule has 0 saturated carbocycles. The summed E-state index contributed by atoms with van der Waals surface area (Å²) < 4.78 is 58.6. The van der Waals surface area contributed by atoms with Gasteiger partial charge in [-0.25, -0.2) is 17.6 Å². The Kier molecular flexibility index (Phi) is 4.88. The molecule has 0 atom stereocenters. The molecular weight excluding hydrogens is 370 g/mol. The Labute approximate surface area is 148 Å². The fraction of sp³-hybridized carbons (Fsp3) is 0. The molecular formula is C17H9F4N3O3. The molecule has 6 nitrogen and oxygen atoms in total. The molecule has 1 heterocycles. The van der Waals surface area contributed by atoms with Gasteiger partial charge in [-0.05, 0) is 24.3 Å². The van der Waals surface area contributed by atoms with E-state index in [0.717, 1.165) is 6.21 Å². The van der Waals surface area contributed by atoms with Crippen LogP contribution in [0.1, 0.15) is 5.76 Å². The number of nitro benzene ring substituents is 1. The highest BCUT2D eigenvalue weighted by Crippen LogP contribution is 2.25. The van der Waals surface area contributed by atoms with E-state index in [4.69, 9.17) is 4.42 Å². The van der Waals surface area contributed by atoms with Crippen molar-refractivity contribution in [2.75, 3.05) is 5.43 Å². The fourth-order valence-corrected chi connectivity index (χ4v) is 2.16. The van der Waals surface area contributed by atoms with Gasteiger partial charge >= 0.3 is 0 Å². The smallest absolute Gasteiger partial charge is 0.269 e. The summed E-state index contributed by atoms with van der Waals surface area (Å²) in [6, 6.07) is 8.68. The van der Waals surface area contributed by atoms with Gasteiger partial charge in [0.05, 0.1) is 11.1 Å². The molecule has 3 rings (SSSR count). The number of furan rings is 1. The summed E-state index contributed by atoms with van der Waals surface area (Å²) >= 11 is 0. The zero-order chi connectivity index (χ0) is 19.6. The van der Waals surface area contributed by atoms with E-state index in [0.29, 0.717) is 11.3 Å². The van der Waals surface area contributed by atoms with Crippen LogP contribution < -0.4 is 5.43 Å². The summed E-state index contributed by atoms with van der Waals surface area (Å²) in [4.78, 5) is 10.1. The second-order valence-corrected chi connectivity index (χ2v) is 5.22. The van der Waals surface area contributed by atoms with Crippen molar-refractivity contribution in [2.24, 2.45) is 5.10 Å². The third kappa shape index (κ3) is 3.78. The summed E-state index contributed by atoms with van der Waals surface area (Å²) in [6.07, 6.45) is 1.04. The van der Waals surface area contributed by atoms with Crippen molar-refractivity contribution in [3.63, 3.8) is 0 Å². The fourth-order valence-electron chi connectivity index (χ4n) is 2.16. The zero-order valence-corrected chi connectivity index (χ0v) is 13.2. The molecule has 1 aromatic heterocycles. The quantitative estimate of drug-likeness (QED) is 0.226. The van der Waals surface area contributed by atoms with Gasteiger partial charge in [0, 0.05) is 23.8 Å². The van der Waals surface area contributed by atoms with E-state index in [1.807, 2.05) is 5.43 Å². The van der Waals surface area contributed by atoms with Crippen LogP contribution in [0.5, 0.6) is 0 Å². The minimum atomic E-state index is -1.61. The Morgan fingerprint density at radius 3 is 2.22 bits per heavy atom. The van der Waals surface area contributed by atoms with Gasteiger partial charge in [0.25, 0.3) is 5.69 Å². The molecule has 0 bridgehead atoms. The predicted molar refractivity (Wildman–Crippen MR) is 88.3 cm³/mol. The molecule has 3 aromatic rings. The maximum absolute atomic E-state index is 13.5. The van der Waals surface area contributed by atoms with E-state index in [9.17, 15) is 27.7 Å². The number of hydrazone groups is 1. The Hall–Kier alpha value is -3.69. The Morgan fingerprint density at radius 1 is 1.00 bits per heavy atom. The number of nitrogens with zero attached hydrogens (tertiary/aromatic N) is 2. The first-order valence-corrected chi connectivity index (χ1v) is 7.33. The van der Waals surface area contributed by atoms with Crippen LogP contribution in [0.3, 0.4) is 0 Å². The largest absolute Gasteiger partial charge is 0.455 e. The minimum Gasteiger partial charge on any atom is -0.455 e. The van der Waals surface area contributed by atoms with Crippen LogP contribution in [-0.2, 0) is 0 Å². The lowest BCUT2D eigenvalue weighted by Gasteiger charge is -2.05. The molecule has 0 aliphatic carbocycles. The molecule has 0 fully saturated rings. The number of nitrogens with one attached hydrogen (secondary N) is 1. The van der Waals surface area contributed by atoms with Crippen LogP contribution in [0.15, 0.2) is 52.0 Å². The van der Waals surface area contributed by atoms with Gasteiger partial charge in [-0.1, -0.05) is 0 Å². The number of hydrogen-bond donors (Lipinski definition) is 1. The van der Waals surface area contributed by atoms with Crippen molar-refractivity contribution < 1.29 is 26.9 Å². The van der Waals surface area contributed by atoms with Gasteiger partial charge in [-0.15, -0.1) is 0 Å². The molecule has 0 aliphatic heterocycles. The van der Waals surface area contributed by atoms with Crippen molar-refractivity contribution in [2.45, 2.75) is 0 Å². The lowest BCUT2D eigenvalue weighted by atomic mass is 10.1. The molecule has 0 radical (unpaired) electrons. The lowest BCUT2D eigenvalue weighted by molar-refractivity contribution is -0.384. The SMILES string of the molecule is O=[N+]([O-])c1ccc(-c2ccc(C=NNc3c(F)c(F)cc(F)c3F)o2)cc1. The normalized spacial score (nSPS) is 11.1. The summed E-state index contributed by atoms with van der Waals surface area (Å²) in [7, 11) is 0. The van der Waals surface area contributed by atoms with E-state index < -0.39 is 33.9 Å². The van der Waals surface area contributed by atoms with Gasteiger partial charge in [0.2, 0.25) is 0 Å². The van der Waals surface area contributed by atoms with Crippen LogP contribution in [0.4, 0.5) is 28.9 Å². The van der Waals surface area contributed by atoms with Crippen LogP contribution in [0.2, 0.25) is 0 Å². The number of hydrogen-bond acceptors (Lipinski definition) is 5. The molecule has 138 valence electrons. The van der Waals surface area contributed by atoms with Gasteiger partial charge in [0.1, 0.15) is 17.2 Å². The maximum atomic E-state index is 13.5. The third-order valence-corrected chi connectivity index (χ3v) is 3.47. The van der Waals surface area contributed by atoms with Crippen molar-refractivity contribution >= 4 is 17.6 Å². The third-order valence-electron chi connectivity index (χ3n) is 3.47. The van der Waals surface area contributed by atoms with Gasteiger partial charge in [-0.2, -0.15) is 5.10 Å². The van der Waals surface area contributed by atoms with Crippen LogP contribution in [0, 0.1) is 33.4 Å². The average molecular weight is 379 g/mol. The lowest BCUT2D eigenvalue weighted by Crippen LogP contribution is -2.02. The topological polar surface area (TPSA) is 80.7 Å². The molecule has 0 amide bonds. The Balaban J connectivity index is 1.76.